The van der Waals surface area contributed by atoms with Gasteiger partial charge in [0.25, 0.3) is 10.0 Å². The lowest BCUT2D eigenvalue weighted by atomic mass is 9.87. The number of rotatable bonds is 4. The van der Waals surface area contributed by atoms with E-state index in [0.717, 1.165) is 16.3 Å². The molecule has 30 heavy (non-hydrogen) atoms. The number of anilines is 1. The highest BCUT2D eigenvalue weighted by Gasteiger charge is 2.21. The lowest BCUT2D eigenvalue weighted by Crippen LogP contribution is -2.17. The van der Waals surface area contributed by atoms with Gasteiger partial charge in [0.1, 0.15) is 5.82 Å². The van der Waals surface area contributed by atoms with Crippen molar-refractivity contribution in [1.29, 1.82) is 0 Å². The van der Waals surface area contributed by atoms with Crippen molar-refractivity contribution in [2.24, 2.45) is 0 Å². The van der Waals surface area contributed by atoms with Crippen LogP contribution in [0, 0.1) is 6.92 Å². The maximum atomic E-state index is 13.0. The molecule has 2 aromatic heterocycles. The zero-order chi connectivity index (χ0) is 21.5. The molecular weight excluding hydrogens is 396 g/mol. The quantitative estimate of drug-likeness (QED) is 0.513. The van der Waals surface area contributed by atoms with Crippen LogP contribution >= 0.6 is 0 Å². The first-order chi connectivity index (χ1) is 14.1. The second-order valence-electron chi connectivity index (χ2n) is 8.32. The molecule has 0 aliphatic heterocycles. The number of fused-ring (bicyclic) bond motifs is 1. The summed E-state index contributed by atoms with van der Waals surface area (Å²) in [6.45, 7) is 8.09. The molecular formula is C23H24N4O2S. The molecule has 0 bridgehead atoms. The Labute approximate surface area is 176 Å². The highest BCUT2D eigenvalue weighted by molar-refractivity contribution is 7.92. The van der Waals surface area contributed by atoms with E-state index in [4.69, 9.17) is 0 Å². The van der Waals surface area contributed by atoms with Crippen LogP contribution < -0.4 is 4.72 Å². The van der Waals surface area contributed by atoms with Crippen molar-refractivity contribution in [3.8, 4) is 5.82 Å². The van der Waals surface area contributed by atoms with Gasteiger partial charge in [0.15, 0.2) is 5.82 Å². The Balaban J connectivity index is 1.74. The number of aromatic nitrogens is 3. The summed E-state index contributed by atoms with van der Waals surface area (Å²) in [7, 11) is -3.78. The van der Waals surface area contributed by atoms with Gasteiger partial charge in [0.05, 0.1) is 10.6 Å². The molecule has 2 heterocycles. The van der Waals surface area contributed by atoms with Gasteiger partial charge in [-0.2, -0.15) is 9.78 Å². The number of benzene rings is 2. The van der Waals surface area contributed by atoms with Crippen LogP contribution in [0.5, 0.6) is 0 Å². The van der Waals surface area contributed by atoms with Gasteiger partial charge in [-0.1, -0.05) is 57.2 Å². The van der Waals surface area contributed by atoms with Gasteiger partial charge in [0.2, 0.25) is 0 Å². The van der Waals surface area contributed by atoms with E-state index in [1.54, 1.807) is 29.1 Å². The third-order valence-electron chi connectivity index (χ3n) is 4.95. The smallest absolute Gasteiger partial charge is 0.263 e. The van der Waals surface area contributed by atoms with E-state index in [9.17, 15) is 8.42 Å². The largest absolute Gasteiger partial charge is 0.263 e. The van der Waals surface area contributed by atoms with Crippen LogP contribution in [0.25, 0.3) is 16.6 Å². The summed E-state index contributed by atoms with van der Waals surface area (Å²) in [5.41, 5.74) is 1.71. The fourth-order valence-electron chi connectivity index (χ4n) is 3.34. The van der Waals surface area contributed by atoms with Crippen molar-refractivity contribution in [3.63, 3.8) is 0 Å². The molecule has 1 N–H and O–H groups in total. The van der Waals surface area contributed by atoms with Crippen LogP contribution in [0.3, 0.4) is 0 Å². The minimum absolute atomic E-state index is 0.0501. The molecule has 0 amide bonds. The Bertz CT molecular complexity index is 1310. The van der Waals surface area contributed by atoms with Crippen molar-refractivity contribution in [3.05, 3.63) is 78.1 Å². The standard InChI is InChI=1S/C23H24N4O2S/c1-16-15-21(26-30(28,29)19-11-9-18(10-12-19)23(2,3)4)27(25-16)22-20-8-6-5-7-17(20)13-14-24-22/h5-15,26H,1-4H3. The fraction of sp³-hybridized carbons (Fsp3) is 0.217. The van der Waals surface area contributed by atoms with Crippen LogP contribution in [-0.4, -0.2) is 23.2 Å². The molecule has 4 rings (SSSR count). The molecule has 0 spiro atoms. The predicted molar refractivity (Wildman–Crippen MR) is 120 cm³/mol. The molecule has 0 fully saturated rings. The van der Waals surface area contributed by atoms with Crippen molar-refractivity contribution < 1.29 is 8.42 Å². The van der Waals surface area contributed by atoms with Gasteiger partial charge in [-0.25, -0.2) is 13.4 Å². The normalized spacial score (nSPS) is 12.3. The summed E-state index contributed by atoms with van der Waals surface area (Å²) in [5.74, 6) is 0.915. The number of nitrogens with zero attached hydrogens (tertiary/aromatic N) is 3. The Hall–Kier alpha value is -3.19. The molecule has 7 heteroatoms. The first-order valence-electron chi connectivity index (χ1n) is 9.69. The Kier molecular flexibility index (Phi) is 4.86. The highest BCUT2D eigenvalue weighted by Crippen LogP contribution is 2.27. The molecule has 0 unspecified atom stereocenters. The predicted octanol–water partition coefficient (Wildman–Crippen LogP) is 4.83. The first kappa shape index (κ1) is 20.1. The van der Waals surface area contributed by atoms with E-state index in [2.05, 4.69) is 35.6 Å². The van der Waals surface area contributed by atoms with E-state index in [1.165, 1.54) is 0 Å². The average molecular weight is 421 g/mol. The van der Waals surface area contributed by atoms with Crippen LogP contribution in [0.4, 0.5) is 5.82 Å². The summed E-state index contributed by atoms with van der Waals surface area (Å²) < 4.78 is 30.3. The van der Waals surface area contributed by atoms with E-state index >= 15 is 0 Å². The number of aryl methyl sites for hydroxylation is 1. The Morgan fingerprint density at radius 1 is 0.967 bits per heavy atom. The molecule has 0 aliphatic carbocycles. The summed E-state index contributed by atoms with van der Waals surface area (Å²) in [5, 5.41) is 6.37. The molecule has 6 nitrogen and oxygen atoms in total. The number of nitrogens with one attached hydrogen (secondary N) is 1. The number of hydrogen-bond acceptors (Lipinski definition) is 4. The highest BCUT2D eigenvalue weighted by atomic mass is 32.2. The Morgan fingerprint density at radius 3 is 2.37 bits per heavy atom. The summed E-state index contributed by atoms with van der Waals surface area (Å²) >= 11 is 0. The summed E-state index contributed by atoms with van der Waals surface area (Å²) in [6, 6.07) is 18.4. The lowest BCUT2D eigenvalue weighted by Gasteiger charge is -2.19. The fourth-order valence-corrected chi connectivity index (χ4v) is 4.37. The second kappa shape index (κ2) is 7.25. The van der Waals surface area contributed by atoms with Gasteiger partial charge in [0, 0.05) is 17.6 Å². The van der Waals surface area contributed by atoms with Crippen molar-refractivity contribution in [1.82, 2.24) is 14.8 Å². The van der Waals surface area contributed by atoms with E-state index in [1.807, 2.05) is 49.4 Å². The molecule has 0 radical (unpaired) electrons. The van der Waals surface area contributed by atoms with Gasteiger partial charge in [-0.15, -0.1) is 0 Å². The van der Waals surface area contributed by atoms with Crippen molar-refractivity contribution >= 4 is 26.6 Å². The lowest BCUT2D eigenvalue weighted by molar-refractivity contribution is 0.587. The maximum absolute atomic E-state index is 13.0. The van der Waals surface area contributed by atoms with E-state index in [-0.39, 0.29) is 10.3 Å². The summed E-state index contributed by atoms with van der Waals surface area (Å²) in [6.07, 6.45) is 1.69. The molecule has 4 aromatic rings. The van der Waals surface area contributed by atoms with Gasteiger partial charge >= 0.3 is 0 Å². The number of hydrogen-bond donors (Lipinski definition) is 1. The topological polar surface area (TPSA) is 76.9 Å². The third kappa shape index (κ3) is 3.80. The zero-order valence-electron chi connectivity index (χ0n) is 17.4. The average Bonchev–Trinajstić information content (AvgIpc) is 3.06. The van der Waals surface area contributed by atoms with Gasteiger partial charge < -0.3 is 0 Å². The van der Waals surface area contributed by atoms with E-state index in [0.29, 0.717) is 17.3 Å². The Morgan fingerprint density at radius 2 is 1.67 bits per heavy atom. The van der Waals surface area contributed by atoms with E-state index < -0.39 is 10.0 Å². The van der Waals surface area contributed by atoms with Crippen molar-refractivity contribution in [2.75, 3.05) is 4.72 Å². The molecule has 2 aromatic carbocycles. The maximum Gasteiger partial charge on any atom is 0.263 e. The molecule has 0 aliphatic rings. The van der Waals surface area contributed by atoms with Crippen molar-refractivity contribution in [2.45, 2.75) is 38.0 Å². The van der Waals surface area contributed by atoms with Crippen LogP contribution in [0.15, 0.2) is 71.8 Å². The third-order valence-corrected chi connectivity index (χ3v) is 6.32. The van der Waals surface area contributed by atoms with Crippen LogP contribution in [0.2, 0.25) is 0 Å². The minimum Gasteiger partial charge on any atom is -0.263 e. The molecule has 0 saturated heterocycles. The second-order valence-corrected chi connectivity index (χ2v) is 10.0. The monoisotopic (exact) mass is 420 g/mol. The number of sulfonamides is 1. The molecule has 0 atom stereocenters. The van der Waals surface area contributed by atoms with Gasteiger partial charge in [-0.3, -0.25) is 4.72 Å². The first-order valence-corrected chi connectivity index (χ1v) is 11.2. The van der Waals surface area contributed by atoms with Gasteiger partial charge in [-0.05, 0) is 41.5 Å². The minimum atomic E-state index is -3.78. The van der Waals surface area contributed by atoms with Crippen LogP contribution in [-0.2, 0) is 15.4 Å². The molecule has 154 valence electrons. The number of pyridine rings is 1. The SMILES string of the molecule is Cc1cc(NS(=O)(=O)c2ccc(C(C)(C)C)cc2)n(-c2nccc3ccccc23)n1. The molecule has 0 saturated carbocycles. The van der Waals surface area contributed by atoms with Crippen LogP contribution in [0.1, 0.15) is 32.0 Å². The zero-order valence-corrected chi connectivity index (χ0v) is 18.2. The summed E-state index contributed by atoms with van der Waals surface area (Å²) in [4.78, 5) is 4.66.